The second-order valence-electron chi connectivity index (χ2n) is 4.47. The highest BCUT2D eigenvalue weighted by atomic mass is 35.5. The number of amides is 1. The lowest BCUT2D eigenvalue weighted by molar-refractivity contribution is -0.154. The number of hydrogen-bond donors (Lipinski definition) is 2. The van der Waals surface area contributed by atoms with Gasteiger partial charge in [-0.1, -0.05) is 0 Å². The molecule has 1 fully saturated rings. The van der Waals surface area contributed by atoms with Gasteiger partial charge in [-0.2, -0.15) is 13.2 Å². The van der Waals surface area contributed by atoms with E-state index in [4.69, 9.17) is 0 Å². The summed E-state index contributed by atoms with van der Waals surface area (Å²) in [6.45, 7) is 0.0477. The van der Waals surface area contributed by atoms with Crippen molar-refractivity contribution in [1.29, 1.82) is 0 Å². The summed E-state index contributed by atoms with van der Waals surface area (Å²) in [7, 11) is 0. The summed E-state index contributed by atoms with van der Waals surface area (Å²) in [4.78, 5) is 15.5. The number of pyridine rings is 1. The quantitative estimate of drug-likeness (QED) is 0.864. The Balaban J connectivity index is 0.00000220. The third-order valence-corrected chi connectivity index (χ3v) is 2.82. The van der Waals surface area contributed by atoms with Gasteiger partial charge in [0.1, 0.15) is 0 Å². The highest BCUT2D eigenvalue weighted by molar-refractivity contribution is 5.92. The summed E-state index contributed by atoms with van der Waals surface area (Å²) in [6, 6.07) is 2.74. The Morgan fingerprint density at radius 3 is 2.64 bits per heavy atom. The number of hydrogen-bond acceptors (Lipinski definition) is 4. The van der Waals surface area contributed by atoms with Gasteiger partial charge in [-0.25, -0.2) is 4.98 Å². The molecule has 1 amide bonds. The van der Waals surface area contributed by atoms with Crippen LogP contribution in [0.15, 0.2) is 18.3 Å². The minimum Gasteiger partial charge on any atom is -0.468 e. The zero-order valence-electron chi connectivity index (χ0n) is 11.4. The molecule has 1 aromatic heterocycles. The Morgan fingerprint density at radius 1 is 1.41 bits per heavy atom. The monoisotopic (exact) mass is 361 g/mol. The predicted octanol–water partition coefficient (Wildman–Crippen LogP) is 2.41. The van der Waals surface area contributed by atoms with Crippen molar-refractivity contribution < 1.29 is 22.7 Å². The first-order valence-corrected chi connectivity index (χ1v) is 6.11. The molecular weight excluding hydrogens is 346 g/mol. The topological polar surface area (TPSA) is 63.2 Å². The van der Waals surface area contributed by atoms with Crippen LogP contribution in [0, 0.1) is 5.92 Å². The molecule has 10 heteroatoms. The summed E-state index contributed by atoms with van der Waals surface area (Å²) in [5.41, 5.74) is 0.432. The van der Waals surface area contributed by atoms with Crippen molar-refractivity contribution in [2.75, 3.05) is 25.0 Å². The lowest BCUT2D eigenvalue weighted by atomic mass is 10.1. The van der Waals surface area contributed by atoms with Gasteiger partial charge in [-0.15, -0.1) is 24.8 Å². The van der Waals surface area contributed by atoms with Crippen molar-refractivity contribution >= 4 is 36.4 Å². The summed E-state index contributed by atoms with van der Waals surface area (Å²) in [5.74, 6) is -0.347. The van der Waals surface area contributed by atoms with E-state index < -0.39 is 12.8 Å². The Bertz CT molecular complexity index is 466. The normalized spacial score (nSPS) is 17.1. The molecule has 2 rings (SSSR count). The molecule has 22 heavy (non-hydrogen) atoms. The number of halogens is 5. The van der Waals surface area contributed by atoms with E-state index in [1.165, 1.54) is 18.3 Å². The van der Waals surface area contributed by atoms with Crippen molar-refractivity contribution in [3.63, 3.8) is 0 Å². The van der Waals surface area contributed by atoms with E-state index in [0.29, 0.717) is 12.2 Å². The second-order valence-corrected chi connectivity index (χ2v) is 4.47. The van der Waals surface area contributed by atoms with Crippen LogP contribution < -0.4 is 15.4 Å². The van der Waals surface area contributed by atoms with E-state index >= 15 is 0 Å². The van der Waals surface area contributed by atoms with Crippen LogP contribution in [-0.2, 0) is 4.79 Å². The highest BCUT2D eigenvalue weighted by Crippen LogP contribution is 2.18. The maximum Gasteiger partial charge on any atom is 0.422 e. The van der Waals surface area contributed by atoms with Gasteiger partial charge in [0.15, 0.2) is 6.61 Å². The number of carbonyl (C=O) groups is 1. The van der Waals surface area contributed by atoms with Gasteiger partial charge in [0.05, 0.1) is 17.8 Å². The molecule has 0 spiro atoms. The van der Waals surface area contributed by atoms with Crippen molar-refractivity contribution in [2.45, 2.75) is 12.6 Å². The fourth-order valence-electron chi connectivity index (χ4n) is 1.82. The molecule has 2 N–H and O–H groups in total. The maximum atomic E-state index is 11.9. The van der Waals surface area contributed by atoms with Crippen LogP contribution in [0.5, 0.6) is 5.88 Å². The SMILES string of the molecule is Cl.Cl.O=C(Nc1ccc(OCC(F)(F)F)nc1)C1CCNC1. The first-order chi connectivity index (χ1) is 9.44. The van der Waals surface area contributed by atoms with E-state index in [2.05, 4.69) is 20.4 Å². The second kappa shape index (κ2) is 9.02. The van der Waals surface area contributed by atoms with Gasteiger partial charge < -0.3 is 15.4 Å². The molecule has 5 nitrogen and oxygen atoms in total. The van der Waals surface area contributed by atoms with Crippen molar-refractivity contribution in [1.82, 2.24) is 10.3 Å². The molecular formula is C12H16Cl2F3N3O2. The van der Waals surface area contributed by atoms with E-state index in [-0.39, 0.29) is 42.5 Å². The van der Waals surface area contributed by atoms with E-state index in [9.17, 15) is 18.0 Å². The smallest absolute Gasteiger partial charge is 0.422 e. The average molecular weight is 362 g/mol. The van der Waals surface area contributed by atoms with Gasteiger partial charge in [0.2, 0.25) is 11.8 Å². The van der Waals surface area contributed by atoms with E-state index in [1.54, 1.807) is 0 Å². The van der Waals surface area contributed by atoms with Crippen LogP contribution in [0.1, 0.15) is 6.42 Å². The highest BCUT2D eigenvalue weighted by Gasteiger charge is 2.28. The number of alkyl halides is 3. The summed E-state index contributed by atoms with van der Waals surface area (Å²) < 4.78 is 40.3. The molecule has 2 heterocycles. The summed E-state index contributed by atoms with van der Waals surface area (Å²) >= 11 is 0. The van der Waals surface area contributed by atoms with E-state index in [1.807, 2.05) is 0 Å². The standard InChI is InChI=1S/C12H14F3N3O2.2ClH/c13-12(14,15)7-20-10-2-1-9(6-17-10)18-11(19)8-3-4-16-5-8;;/h1-2,6,8,16H,3-5,7H2,(H,18,19);2*1H. The van der Waals surface area contributed by atoms with Crippen LogP contribution in [0.25, 0.3) is 0 Å². The molecule has 0 radical (unpaired) electrons. The Kier molecular flexibility index (Phi) is 8.50. The zero-order chi connectivity index (χ0) is 14.6. The van der Waals surface area contributed by atoms with E-state index in [0.717, 1.165) is 13.0 Å². The zero-order valence-corrected chi connectivity index (χ0v) is 13.0. The third kappa shape index (κ3) is 6.67. The molecule has 1 unspecified atom stereocenters. The van der Waals surface area contributed by atoms with Crippen LogP contribution >= 0.6 is 24.8 Å². The first-order valence-electron chi connectivity index (χ1n) is 6.11. The molecule has 0 bridgehead atoms. The number of ether oxygens (including phenoxy) is 1. The average Bonchev–Trinajstić information content (AvgIpc) is 2.91. The minimum absolute atomic E-state index is 0. The largest absolute Gasteiger partial charge is 0.468 e. The lowest BCUT2D eigenvalue weighted by Gasteiger charge is -2.11. The van der Waals surface area contributed by atoms with Gasteiger partial charge in [-0.05, 0) is 19.0 Å². The third-order valence-electron chi connectivity index (χ3n) is 2.82. The fourth-order valence-corrected chi connectivity index (χ4v) is 1.82. The summed E-state index contributed by atoms with van der Waals surface area (Å²) in [5, 5.41) is 5.74. The van der Waals surface area contributed by atoms with Gasteiger partial charge in [-0.3, -0.25) is 4.79 Å². The van der Waals surface area contributed by atoms with Crippen molar-refractivity contribution in [3.8, 4) is 5.88 Å². The molecule has 0 aliphatic carbocycles. The maximum absolute atomic E-state index is 11.9. The van der Waals surface area contributed by atoms with Crippen LogP contribution in [-0.4, -0.2) is 36.8 Å². The number of rotatable bonds is 4. The molecule has 1 atom stereocenters. The van der Waals surface area contributed by atoms with Crippen molar-refractivity contribution in [2.24, 2.45) is 5.92 Å². The number of aromatic nitrogens is 1. The summed E-state index contributed by atoms with van der Waals surface area (Å²) in [6.07, 6.45) is -2.36. The molecule has 1 aliphatic heterocycles. The molecule has 1 saturated heterocycles. The van der Waals surface area contributed by atoms with Gasteiger partial charge >= 0.3 is 6.18 Å². The number of nitrogens with one attached hydrogen (secondary N) is 2. The van der Waals surface area contributed by atoms with Crippen LogP contribution in [0.2, 0.25) is 0 Å². The van der Waals surface area contributed by atoms with Gasteiger partial charge in [0.25, 0.3) is 0 Å². The predicted molar refractivity (Wildman–Crippen MR) is 79.9 cm³/mol. The number of nitrogens with zero attached hydrogens (tertiary/aromatic N) is 1. The Labute approximate surface area is 137 Å². The first kappa shape index (κ1) is 20.8. The van der Waals surface area contributed by atoms with Crippen molar-refractivity contribution in [3.05, 3.63) is 18.3 Å². The number of carbonyl (C=O) groups excluding carboxylic acids is 1. The minimum atomic E-state index is -4.40. The number of anilines is 1. The van der Waals surface area contributed by atoms with Crippen LogP contribution in [0.4, 0.5) is 18.9 Å². The van der Waals surface area contributed by atoms with Crippen LogP contribution in [0.3, 0.4) is 0 Å². The fraction of sp³-hybridized carbons (Fsp3) is 0.500. The Morgan fingerprint density at radius 2 is 2.14 bits per heavy atom. The molecule has 126 valence electrons. The molecule has 1 aromatic rings. The molecule has 1 aliphatic rings. The lowest BCUT2D eigenvalue weighted by Crippen LogP contribution is -2.24. The Hall–Kier alpha value is -1.25. The van der Waals surface area contributed by atoms with Gasteiger partial charge in [0, 0.05) is 12.6 Å². The molecule has 0 saturated carbocycles. The molecule has 0 aromatic carbocycles.